The zero-order valence-corrected chi connectivity index (χ0v) is 16.6. The van der Waals surface area contributed by atoms with Gasteiger partial charge in [0.15, 0.2) is 17.2 Å². The molecule has 0 radical (unpaired) electrons. The molecule has 9 nitrogen and oxygen atoms in total. The van der Waals surface area contributed by atoms with Crippen LogP contribution in [0, 0.1) is 0 Å². The number of fused-ring (bicyclic) bond motifs is 1. The van der Waals surface area contributed by atoms with E-state index in [-0.39, 0.29) is 11.3 Å². The predicted octanol–water partition coefficient (Wildman–Crippen LogP) is 2.05. The molecule has 154 valence electrons. The maximum Gasteiger partial charge on any atom is 0.290 e. The molecule has 3 rings (SSSR count). The highest BCUT2D eigenvalue weighted by Gasteiger charge is 2.18. The van der Waals surface area contributed by atoms with E-state index < -0.39 is 17.4 Å². The molecule has 0 bridgehead atoms. The van der Waals surface area contributed by atoms with E-state index in [1.54, 1.807) is 42.5 Å². The van der Waals surface area contributed by atoms with Crippen LogP contribution >= 0.6 is 0 Å². The molecule has 0 atom stereocenters. The summed E-state index contributed by atoms with van der Waals surface area (Å²) in [5, 5.41) is 6.76. The van der Waals surface area contributed by atoms with Crippen LogP contribution in [0.4, 0.5) is 0 Å². The summed E-state index contributed by atoms with van der Waals surface area (Å²) in [6.45, 7) is 1.83. The van der Waals surface area contributed by atoms with Gasteiger partial charge in [-0.3, -0.25) is 25.2 Å². The SMILES string of the molecule is C/C=C/c1cc(C(=O)NNC(=O)c2n[nH]c(=O)c3ccccc23)cc(OC)c1OC. The third-order valence-electron chi connectivity index (χ3n) is 4.32. The van der Waals surface area contributed by atoms with Crippen molar-refractivity contribution in [3.05, 3.63) is 69.6 Å². The topological polar surface area (TPSA) is 122 Å². The number of carbonyl (C=O) groups excluding carboxylic acids is 2. The van der Waals surface area contributed by atoms with Gasteiger partial charge < -0.3 is 9.47 Å². The Morgan fingerprint density at radius 1 is 1.03 bits per heavy atom. The van der Waals surface area contributed by atoms with Gasteiger partial charge in [0.1, 0.15) is 0 Å². The molecular formula is C21H20N4O5. The quantitative estimate of drug-likeness (QED) is 0.556. The van der Waals surface area contributed by atoms with Crippen molar-refractivity contribution in [2.24, 2.45) is 0 Å². The molecule has 1 heterocycles. The van der Waals surface area contributed by atoms with Gasteiger partial charge in [0, 0.05) is 16.5 Å². The van der Waals surface area contributed by atoms with Crippen molar-refractivity contribution in [3.8, 4) is 11.5 Å². The van der Waals surface area contributed by atoms with Gasteiger partial charge in [0.25, 0.3) is 17.4 Å². The summed E-state index contributed by atoms with van der Waals surface area (Å²) in [6.07, 6.45) is 3.57. The molecule has 3 N–H and O–H groups in total. The molecular weight excluding hydrogens is 388 g/mol. The highest BCUT2D eigenvalue weighted by molar-refractivity contribution is 6.06. The smallest absolute Gasteiger partial charge is 0.290 e. The highest BCUT2D eigenvalue weighted by atomic mass is 16.5. The lowest BCUT2D eigenvalue weighted by molar-refractivity contribution is 0.0844. The van der Waals surface area contributed by atoms with Gasteiger partial charge in [-0.15, -0.1) is 0 Å². The number of nitrogens with one attached hydrogen (secondary N) is 3. The van der Waals surface area contributed by atoms with Crippen molar-refractivity contribution < 1.29 is 19.1 Å². The van der Waals surface area contributed by atoms with Crippen LogP contribution in [0.2, 0.25) is 0 Å². The second-order valence-corrected chi connectivity index (χ2v) is 6.16. The van der Waals surface area contributed by atoms with Crippen LogP contribution in [0.15, 0.2) is 47.3 Å². The van der Waals surface area contributed by atoms with Crippen molar-refractivity contribution in [1.29, 1.82) is 0 Å². The number of amides is 2. The number of methoxy groups -OCH3 is 2. The molecule has 0 spiro atoms. The number of H-pyrrole nitrogens is 1. The first-order valence-electron chi connectivity index (χ1n) is 8.97. The number of hydrazine groups is 1. The maximum absolute atomic E-state index is 12.6. The molecule has 0 aliphatic heterocycles. The largest absolute Gasteiger partial charge is 0.493 e. The molecule has 3 aromatic rings. The summed E-state index contributed by atoms with van der Waals surface area (Å²) in [5.74, 6) is -0.383. The summed E-state index contributed by atoms with van der Waals surface area (Å²) < 4.78 is 10.6. The molecule has 2 aromatic carbocycles. The molecule has 30 heavy (non-hydrogen) atoms. The highest BCUT2D eigenvalue weighted by Crippen LogP contribution is 2.33. The van der Waals surface area contributed by atoms with Crippen LogP contribution in [0.25, 0.3) is 16.8 Å². The fraction of sp³-hybridized carbons (Fsp3) is 0.143. The minimum Gasteiger partial charge on any atom is -0.493 e. The fourth-order valence-corrected chi connectivity index (χ4v) is 2.96. The predicted molar refractivity (Wildman–Crippen MR) is 112 cm³/mol. The van der Waals surface area contributed by atoms with Crippen LogP contribution in [0.3, 0.4) is 0 Å². The Hall–Kier alpha value is -4.14. The zero-order valence-electron chi connectivity index (χ0n) is 16.6. The van der Waals surface area contributed by atoms with Crippen molar-refractivity contribution in [3.63, 3.8) is 0 Å². The fourth-order valence-electron chi connectivity index (χ4n) is 2.96. The van der Waals surface area contributed by atoms with E-state index in [0.29, 0.717) is 27.8 Å². The summed E-state index contributed by atoms with van der Waals surface area (Å²) in [7, 11) is 2.97. The van der Waals surface area contributed by atoms with Gasteiger partial charge in [-0.1, -0.05) is 30.4 Å². The molecule has 0 saturated carbocycles. The first kappa shape index (κ1) is 20.6. The van der Waals surface area contributed by atoms with Crippen molar-refractivity contribution in [2.45, 2.75) is 6.92 Å². The Morgan fingerprint density at radius 2 is 1.73 bits per heavy atom. The first-order valence-corrected chi connectivity index (χ1v) is 8.97. The minimum atomic E-state index is -0.676. The summed E-state index contributed by atoms with van der Waals surface area (Å²) >= 11 is 0. The third kappa shape index (κ3) is 4.00. The van der Waals surface area contributed by atoms with Crippen molar-refractivity contribution in [2.75, 3.05) is 14.2 Å². The second-order valence-electron chi connectivity index (χ2n) is 6.16. The van der Waals surface area contributed by atoms with Gasteiger partial charge in [-0.05, 0) is 25.1 Å². The van der Waals surface area contributed by atoms with E-state index in [9.17, 15) is 14.4 Å². The molecule has 0 aliphatic rings. The lowest BCUT2D eigenvalue weighted by atomic mass is 10.1. The van der Waals surface area contributed by atoms with E-state index >= 15 is 0 Å². The average Bonchev–Trinajstić information content (AvgIpc) is 2.77. The molecule has 2 amide bonds. The Labute approximate surface area is 171 Å². The Bertz CT molecular complexity index is 1200. The van der Waals surface area contributed by atoms with E-state index in [0.717, 1.165) is 0 Å². The number of carbonyl (C=O) groups is 2. The van der Waals surface area contributed by atoms with Gasteiger partial charge in [0.05, 0.1) is 19.6 Å². The third-order valence-corrected chi connectivity index (χ3v) is 4.32. The number of allylic oxidation sites excluding steroid dienone is 1. The standard InChI is InChI=1S/C21H20N4O5/c1-4-7-12-10-13(11-16(29-2)18(12)30-3)19(26)23-25-21(28)17-14-8-5-6-9-15(14)20(27)24-22-17/h4-11H,1-3H3,(H,23,26)(H,24,27)(H,25,28)/b7-4+. The van der Waals surface area contributed by atoms with Gasteiger partial charge in [0.2, 0.25) is 0 Å². The number of hydrogen-bond donors (Lipinski definition) is 3. The van der Waals surface area contributed by atoms with Crippen LogP contribution < -0.4 is 25.9 Å². The van der Waals surface area contributed by atoms with E-state index in [4.69, 9.17) is 9.47 Å². The van der Waals surface area contributed by atoms with Gasteiger partial charge in [-0.25, -0.2) is 5.10 Å². The number of aromatic nitrogens is 2. The van der Waals surface area contributed by atoms with Gasteiger partial charge in [-0.2, -0.15) is 5.10 Å². The van der Waals surface area contributed by atoms with Crippen LogP contribution in [0.1, 0.15) is 33.3 Å². The molecule has 0 aliphatic carbocycles. The van der Waals surface area contributed by atoms with Crippen LogP contribution in [0.5, 0.6) is 11.5 Å². The number of aromatic amines is 1. The Balaban J connectivity index is 1.84. The van der Waals surface area contributed by atoms with E-state index in [2.05, 4.69) is 21.0 Å². The number of hydrogen-bond acceptors (Lipinski definition) is 6. The molecule has 0 unspecified atom stereocenters. The molecule has 0 saturated heterocycles. The van der Waals surface area contributed by atoms with Crippen molar-refractivity contribution in [1.82, 2.24) is 21.0 Å². The average molecular weight is 408 g/mol. The molecule has 1 aromatic heterocycles. The Kier molecular flexibility index (Phi) is 6.11. The number of benzene rings is 2. The van der Waals surface area contributed by atoms with Crippen LogP contribution in [-0.2, 0) is 0 Å². The number of nitrogens with zero attached hydrogens (tertiary/aromatic N) is 1. The summed E-state index contributed by atoms with van der Waals surface area (Å²) in [4.78, 5) is 37.0. The van der Waals surface area contributed by atoms with Crippen LogP contribution in [-0.4, -0.2) is 36.2 Å². The number of ether oxygens (including phenoxy) is 2. The first-order chi connectivity index (χ1) is 14.5. The zero-order chi connectivity index (χ0) is 21.7. The van der Waals surface area contributed by atoms with Crippen molar-refractivity contribution >= 4 is 28.7 Å². The van der Waals surface area contributed by atoms with E-state index in [1.165, 1.54) is 20.3 Å². The lowest BCUT2D eigenvalue weighted by Crippen LogP contribution is -2.42. The summed E-state index contributed by atoms with van der Waals surface area (Å²) in [5.41, 5.74) is 5.12. The minimum absolute atomic E-state index is 0.0209. The second kappa shape index (κ2) is 8.91. The Morgan fingerprint density at radius 3 is 2.40 bits per heavy atom. The monoisotopic (exact) mass is 408 g/mol. The lowest BCUT2D eigenvalue weighted by Gasteiger charge is -2.14. The molecule has 9 heteroatoms. The number of rotatable bonds is 5. The van der Waals surface area contributed by atoms with Gasteiger partial charge >= 0.3 is 0 Å². The normalized spacial score (nSPS) is 10.8. The van der Waals surface area contributed by atoms with E-state index in [1.807, 2.05) is 6.92 Å². The molecule has 0 fully saturated rings. The summed E-state index contributed by atoms with van der Waals surface area (Å²) in [6, 6.07) is 9.66. The maximum atomic E-state index is 12.6.